The lowest BCUT2D eigenvalue weighted by Gasteiger charge is -2.27. The summed E-state index contributed by atoms with van der Waals surface area (Å²) >= 11 is 0. The second-order valence-electron chi connectivity index (χ2n) is 14.0. The van der Waals surface area contributed by atoms with Crippen molar-refractivity contribution in [1.29, 1.82) is 0 Å². The molecular weight excluding hydrogens is 605 g/mol. The van der Waals surface area contributed by atoms with Gasteiger partial charge >= 0.3 is 0 Å². The smallest absolute Gasteiger partial charge is 0.0418 e. The van der Waals surface area contributed by atoms with E-state index in [9.17, 15) is 0 Å². The Balaban J connectivity index is 1.35. The summed E-state index contributed by atoms with van der Waals surface area (Å²) in [6.45, 7) is 15.4. The van der Waals surface area contributed by atoms with Gasteiger partial charge in [-0.1, -0.05) is 184 Å². The largest absolute Gasteiger partial charge is 0.383 e. The minimum Gasteiger partial charge on any atom is -0.383 e. The molecule has 0 heterocycles. The van der Waals surface area contributed by atoms with E-state index in [1.807, 2.05) is 0 Å². The van der Waals surface area contributed by atoms with E-state index >= 15 is 0 Å². The number of anilines is 2. The van der Waals surface area contributed by atoms with E-state index in [2.05, 4.69) is 198 Å². The SMILES string of the molecule is Cc1cc([C@H](C)c2ccccc2)c(NCCNc2c([C@H](C)c3ccccc3)cc(C)cc2[C@H](C)c2ccccc2)c([C@H](C)c2ccccc2)c1. The summed E-state index contributed by atoms with van der Waals surface area (Å²) in [6, 6.07) is 53.1. The Labute approximate surface area is 300 Å². The average Bonchev–Trinajstić information content (AvgIpc) is 3.17. The van der Waals surface area contributed by atoms with Crippen LogP contribution in [0.2, 0.25) is 0 Å². The molecule has 0 saturated heterocycles. The minimum atomic E-state index is 0.252. The van der Waals surface area contributed by atoms with Crippen molar-refractivity contribution in [2.75, 3.05) is 23.7 Å². The lowest BCUT2D eigenvalue weighted by atomic mass is 9.84. The van der Waals surface area contributed by atoms with Crippen LogP contribution < -0.4 is 10.6 Å². The van der Waals surface area contributed by atoms with Crippen molar-refractivity contribution in [1.82, 2.24) is 0 Å². The number of rotatable bonds is 13. The first-order valence-electron chi connectivity index (χ1n) is 18.3. The average molecular weight is 657 g/mol. The van der Waals surface area contributed by atoms with E-state index in [4.69, 9.17) is 0 Å². The van der Waals surface area contributed by atoms with Crippen LogP contribution in [0.3, 0.4) is 0 Å². The summed E-state index contributed by atoms with van der Waals surface area (Å²) in [5.74, 6) is 1.01. The van der Waals surface area contributed by atoms with Crippen LogP contribution >= 0.6 is 0 Å². The van der Waals surface area contributed by atoms with Crippen molar-refractivity contribution in [3.63, 3.8) is 0 Å². The summed E-state index contributed by atoms with van der Waals surface area (Å²) in [4.78, 5) is 0. The van der Waals surface area contributed by atoms with Crippen LogP contribution in [0.1, 0.15) is 107 Å². The fourth-order valence-corrected chi connectivity index (χ4v) is 7.52. The van der Waals surface area contributed by atoms with Crippen molar-refractivity contribution in [3.8, 4) is 0 Å². The third-order valence-corrected chi connectivity index (χ3v) is 10.5. The zero-order valence-corrected chi connectivity index (χ0v) is 30.6. The molecule has 254 valence electrons. The van der Waals surface area contributed by atoms with E-state index in [1.54, 1.807) is 0 Å². The summed E-state index contributed by atoms with van der Waals surface area (Å²) in [6.07, 6.45) is 0. The number of hydrogen-bond acceptors (Lipinski definition) is 2. The molecule has 2 N–H and O–H groups in total. The van der Waals surface area contributed by atoms with Crippen LogP contribution in [-0.2, 0) is 0 Å². The van der Waals surface area contributed by atoms with Gasteiger partial charge < -0.3 is 10.6 Å². The molecular formula is C48H52N2. The summed E-state index contributed by atoms with van der Waals surface area (Å²) in [7, 11) is 0. The fourth-order valence-electron chi connectivity index (χ4n) is 7.52. The molecule has 0 unspecified atom stereocenters. The van der Waals surface area contributed by atoms with Gasteiger partial charge in [0, 0.05) is 48.1 Å². The predicted octanol–water partition coefficient (Wildman–Crippen LogP) is 12.4. The molecule has 6 aromatic rings. The Bertz CT molecular complexity index is 1690. The zero-order valence-electron chi connectivity index (χ0n) is 30.6. The number of hydrogen-bond donors (Lipinski definition) is 2. The molecule has 6 aromatic carbocycles. The van der Waals surface area contributed by atoms with E-state index in [1.165, 1.54) is 67.0 Å². The first kappa shape index (κ1) is 34.8. The highest BCUT2D eigenvalue weighted by Gasteiger charge is 2.23. The first-order valence-corrected chi connectivity index (χ1v) is 18.3. The summed E-state index contributed by atoms with van der Waals surface area (Å²) in [5.41, 5.74) is 15.8. The van der Waals surface area contributed by atoms with Gasteiger partial charge in [0.2, 0.25) is 0 Å². The quantitative estimate of drug-likeness (QED) is 0.121. The van der Waals surface area contributed by atoms with Crippen LogP contribution in [0.5, 0.6) is 0 Å². The normalized spacial score (nSPS) is 13.6. The van der Waals surface area contributed by atoms with Gasteiger partial charge in [0.25, 0.3) is 0 Å². The second-order valence-corrected chi connectivity index (χ2v) is 14.0. The number of aryl methyl sites for hydroxylation is 2. The van der Waals surface area contributed by atoms with Crippen LogP contribution in [0.15, 0.2) is 146 Å². The minimum absolute atomic E-state index is 0.252. The van der Waals surface area contributed by atoms with E-state index < -0.39 is 0 Å². The Morgan fingerprint density at radius 2 is 0.580 bits per heavy atom. The Kier molecular flexibility index (Phi) is 11.2. The van der Waals surface area contributed by atoms with Gasteiger partial charge in [0.1, 0.15) is 0 Å². The molecule has 6 rings (SSSR count). The number of nitrogens with one attached hydrogen (secondary N) is 2. The molecule has 0 spiro atoms. The van der Waals surface area contributed by atoms with Crippen molar-refractivity contribution in [2.45, 2.75) is 65.2 Å². The summed E-state index contributed by atoms with van der Waals surface area (Å²) in [5, 5.41) is 7.98. The van der Waals surface area contributed by atoms with Gasteiger partial charge in [0.05, 0.1) is 0 Å². The van der Waals surface area contributed by atoms with Crippen LogP contribution in [0.4, 0.5) is 11.4 Å². The highest BCUT2D eigenvalue weighted by Crippen LogP contribution is 2.41. The molecule has 0 amide bonds. The Morgan fingerprint density at radius 3 is 0.800 bits per heavy atom. The van der Waals surface area contributed by atoms with Crippen molar-refractivity contribution < 1.29 is 0 Å². The third kappa shape index (κ3) is 7.87. The van der Waals surface area contributed by atoms with Gasteiger partial charge in [-0.2, -0.15) is 0 Å². The molecule has 0 saturated carbocycles. The Morgan fingerprint density at radius 1 is 0.360 bits per heavy atom. The monoisotopic (exact) mass is 656 g/mol. The summed E-state index contributed by atoms with van der Waals surface area (Å²) < 4.78 is 0. The molecule has 0 radical (unpaired) electrons. The van der Waals surface area contributed by atoms with Gasteiger partial charge in [-0.15, -0.1) is 0 Å². The molecule has 0 aliphatic rings. The van der Waals surface area contributed by atoms with Crippen LogP contribution in [0, 0.1) is 13.8 Å². The Hall–Kier alpha value is -5.08. The highest BCUT2D eigenvalue weighted by atomic mass is 15.0. The van der Waals surface area contributed by atoms with Gasteiger partial charge in [0.15, 0.2) is 0 Å². The van der Waals surface area contributed by atoms with Crippen LogP contribution in [0.25, 0.3) is 0 Å². The number of benzene rings is 6. The van der Waals surface area contributed by atoms with E-state index in [0.717, 1.165) is 13.1 Å². The van der Waals surface area contributed by atoms with E-state index in [-0.39, 0.29) is 23.7 Å². The predicted molar refractivity (Wildman–Crippen MR) is 215 cm³/mol. The fraction of sp³-hybridized carbons (Fsp3) is 0.250. The van der Waals surface area contributed by atoms with Crippen molar-refractivity contribution in [2.24, 2.45) is 0 Å². The maximum Gasteiger partial charge on any atom is 0.0418 e. The molecule has 0 aromatic heterocycles. The lowest BCUT2D eigenvalue weighted by Crippen LogP contribution is -2.19. The van der Waals surface area contributed by atoms with Gasteiger partial charge in [-0.05, 0) is 58.4 Å². The molecule has 0 aliphatic carbocycles. The lowest BCUT2D eigenvalue weighted by molar-refractivity contribution is 0.872. The van der Waals surface area contributed by atoms with Crippen LogP contribution in [-0.4, -0.2) is 13.1 Å². The third-order valence-electron chi connectivity index (χ3n) is 10.5. The molecule has 0 fully saturated rings. The van der Waals surface area contributed by atoms with Crippen molar-refractivity contribution >= 4 is 11.4 Å². The van der Waals surface area contributed by atoms with Gasteiger partial charge in [-0.3, -0.25) is 0 Å². The molecule has 4 atom stereocenters. The molecule has 2 heteroatoms. The first-order chi connectivity index (χ1) is 24.3. The van der Waals surface area contributed by atoms with Crippen molar-refractivity contribution in [3.05, 3.63) is 201 Å². The standard InChI is InChI=1S/C48H52N2/c1-33-29-43(35(3)39-19-11-7-12-20-39)47(44(30-33)36(4)40-21-13-8-14-22-40)49-27-28-50-48-45(37(5)41-23-15-9-16-24-41)31-34(2)32-46(48)38(6)42-25-17-10-18-26-42/h7-26,29-32,35-38,49-50H,27-28H2,1-6H3/t35-,36-,37-,38-/m1/s1. The maximum atomic E-state index is 3.99. The zero-order chi connectivity index (χ0) is 35.0. The molecule has 2 nitrogen and oxygen atoms in total. The molecule has 50 heavy (non-hydrogen) atoms. The van der Waals surface area contributed by atoms with Gasteiger partial charge in [-0.25, -0.2) is 0 Å². The highest BCUT2D eigenvalue weighted by molar-refractivity contribution is 5.66. The topological polar surface area (TPSA) is 24.1 Å². The maximum absolute atomic E-state index is 3.99. The molecule has 0 aliphatic heterocycles. The van der Waals surface area contributed by atoms with E-state index in [0.29, 0.717) is 0 Å². The second kappa shape index (κ2) is 16.1. The molecule has 0 bridgehead atoms.